The zero-order valence-corrected chi connectivity index (χ0v) is 13.3. The Morgan fingerprint density at radius 3 is 2.77 bits per heavy atom. The molecule has 5 nitrogen and oxygen atoms in total. The van der Waals surface area contributed by atoms with Crippen LogP contribution in [0.1, 0.15) is 18.4 Å². The van der Waals surface area contributed by atoms with Crippen molar-refractivity contribution in [3.8, 4) is 11.5 Å². The van der Waals surface area contributed by atoms with Crippen molar-refractivity contribution in [3.05, 3.63) is 28.8 Å². The van der Waals surface area contributed by atoms with Gasteiger partial charge in [0.15, 0.2) is 11.5 Å². The van der Waals surface area contributed by atoms with Crippen LogP contribution in [0.3, 0.4) is 0 Å². The minimum atomic E-state index is -1.01. The van der Waals surface area contributed by atoms with Gasteiger partial charge in [-0.3, -0.25) is 4.90 Å². The third-order valence-corrected chi connectivity index (χ3v) is 3.80. The van der Waals surface area contributed by atoms with Crippen LogP contribution in [0, 0.1) is 0 Å². The monoisotopic (exact) mass is 325 g/mol. The van der Waals surface area contributed by atoms with Crippen molar-refractivity contribution >= 4 is 23.6 Å². The standard InChI is InChI=1S/C16H20ClNO4/c1-21-14-11-12(4-5-15(19)20)10-13(17)16(14)22-9-8-18-6-2-3-7-18/h4-5,10-11H,2-3,6-9H2,1H3,(H,19,20). The Labute approximate surface area is 135 Å². The van der Waals surface area contributed by atoms with Crippen molar-refractivity contribution < 1.29 is 19.4 Å². The van der Waals surface area contributed by atoms with Crippen LogP contribution in [0.15, 0.2) is 18.2 Å². The van der Waals surface area contributed by atoms with Crippen molar-refractivity contribution in [1.82, 2.24) is 4.90 Å². The molecule has 0 amide bonds. The Hall–Kier alpha value is -1.72. The first-order chi connectivity index (χ1) is 10.6. The van der Waals surface area contributed by atoms with Crippen molar-refractivity contribution in [1.29, 1.82) is 0 Å². The lowest BCUT2D eigenvalue weighted by molar-refractivity contribution is -0.131. The summed E-state index contributed by atoms with van der Waals surface area (Å²) >= 11 is 6.22. The molecule has 6 heteroatoms. The predicted molar refractivity (Wildman–Crippen MR) is 85.8 cm³/mol. The largest absolute Gasteiger partial charge is 0.493 e. The highest BCUT2D eigenvalue weighted by Gasteiger charge is 2.14. The molecule has 0 aromatic heterocycles. The second-order valence-electron chi connectivity index (χ2n) is 5.10. The number of carbonyl (C=O) groups is 1. The number of benzene rings is 1. The fraction of sp³-hybridized carbons (Fsp3) is 0.438. The number of carboxylic acid groups (broad SMARTS) is 1. The molecule has 1 aromatic rings. The van der Waals surface area contributed by atoms with Crippen LogP contribution in [0.5, 0.6) is 11.5 Å². The summed E-state index contributed by atoms with van der Waals surface area (Å²) in [5, 5.41) is 9.07. The van der Waals surface area contributed by atoms with Crippen LogP contribution in [-0.4, -0.2) is 49.3 Å². The molecule has 0 unspecified atom stereocenters. The number of nitrogens with zero attached hydrogens (tertiary/aromatic N) is 1. The normalized spacial score (nSPS) is 15.4. The van der Waals surface area contributed by atoms with E-state index in [9.17, 15) is 4.79 Å². The second-order valence-corrected chi connectivity index (χ2v) is 5.51. The van der Waals surface area contributed by atoms with Gasteiger partial charge in [0.25, 0.3) is 0 Å². The molecule has 1 fully saturated rings. The fourth-order valence-electron chi connectivity index (χ4n) is 2.43. The fourth-order valence-corrected chi connectivity index (χ4v) is 2.70. The summed E-state index contributed by atoms with van der Waals surface area (Å²) in [4.78, 5) is 12.9. The lowest BCUT2D eigenvalue weighted by Crippen LogP contribution is -2.25. The highest BCUT2D eigenvalue weighted by atomic mass is 35.5. The number of rotatable bonds is 7. The first-order valence-electron chi connectivity index (χ1n) is 7.24. The molecule has 0 bridgehead atoms. The van der Waals surface area contributed by atoms with Crippen molar-refractivity contribution in [2.75, 3.05) is 33.4 Å². The number of ether oxygens (including phenoxy) is 2. The molecule has 0 saturated carbocycles. The highest BCUT2D eigenvalue weighted by Crippen LogP contribution is 2.36. The molecule has 0 radical (unpaired) electrons. The zero-order chi connectivity index (χ0) is 15.9. The number of halogens is 1. The Morgan fingerprint density at radius 1 is 1.41 bits per heavy atom. The van der Waals surface area contributed by atoms with E-state index in [4.69, 9.17) is 26.2 Å². The van der Waals surface area contributed by atoms with Gasteiger partial charge in [-0.15, -0.1) is 0 Å². The van der Waals surface area contributed by atoms with Gasteiger partial charge in [0.05, 0.1) is 12.1 Å². The summed E-state index contributed by atoms with van der Waals surface area (Å²) in [5.74, 6) is -0.0178. The summed E-state index contributed by atoms with van der Waals surface area (Å²) < 4.78 is 11.1. The highest BCUT2D eigenvalue weighted by molar-refractivity contribution is 6.32. The van der Waals surface area contributed by atoms with E-state index >= 15 is 0 Å². The maximum absolute atomic E-state index is 10.6. The molecule has 1 N–H and O–H groups in total. The van der Waals surface area contributed by atoms with Gasteiger partial charge in [0, 0.05) is 12.6 Å². The molecule has 120 valence electrons. The first kappa shape index (κ1) is 16.6. The van der Waals surface area contributed by atoms with Gasteiger partial charge in [-0.1, -0.05) is 11.6 Å². The van der Waals surface area contributed by atoms with E-state index in [1.165, 1.54) is 26.0 Å². The molecule has 1 heterocycles. The molecule has 1 aliphatic heterocycles. The van der Waals surface area contributed by atoms with Crippen molar-refractivity contribution in [2.45, 2.75) is 12.8 Å². The van der Waals surface area contributed by atoms with E-state index in [0.29, 0.717) is 28.7 Å². The Balaban J connectivity index is 2.04. The second kappa shape index (κ2) is 8.06. The molecule has 0 aliphatic carbocycles. The van der Waals surface area contributed by atoms with Crippen LogP contribution < -0.4 is 9.47 Å². The quantitative estimate of drug-likeness (QED) is 0.781. The Morgan fingerprint density at radius 2 is 2.14 bits per heavy atom. The van der Waals surface area contributed by atoms with Crippen LogP contribution in [0.25, 0.3) is 6.08 Å². The number of methoxy groups -OCH3 is 1. The molecule has 0 atom stereocenters. The number of likely N-dealkylation sites (tertiary alicyclic amines) is 1. The SMILES string of the molecule is COc1cc(C=CC(=O)O)cc(Cl)c1OCCN1CCCC1. The van der Waals surface area contributed by atoms with Gasteiger partial charge >= 0.3 is 5.97 Å². The van der Waals surface area contributed by atoms with E-state index in [2.05, 4.69) is 4.90 Å². The molecule has 22 heavy (non-hydrogen) atoms. The molecule has 1 aliphatic rings. The van der Waals surface area contributed by atoms with Gasteiger partial charge in [0.1, 0.15) is 6.61 Å². The van der Waals surface area contributed by atoms with Crippen LogP contribution in [0.4, 0.5) is 0 Å². The van der Waals surface area contributed by atoms with Crippen molar-refractivity contribution in [3.63, 3.8) is 0 Å². The van der Waals surface area contributed by atoms with Crippen molar-refractivity contribution in [2.24, 2.45) is 0 Å². The molecule has 0 spiro atoms. The maximum Gasteiger partial charge on any atom is 0.328 e. The molecular formula is C16H20ClNO4. The topological polar surface area (TPSA) is 59.0 Å². The van der Waals surface area contributed by atoms with Crippen LogP contribution in [0.2, 0.25) is 5.02 Å². The van der Waals surface area contributed by atoms with Crippen LogP contribution >= 0.6 is 11.6 Å². The summed E-state index contributed by atoms with van der Waals surface area (Å²) in [6.07, 6.45) is 5.01. The molecule has 1 saturated heterocycles. The van der Waals surface area contributed by atoms with E-state index in [0.717, 1.165) is 25.7 Å². The maximum atomic E-state index is 10.6. The molecular weight excluding hydrogens is 306 g/mol. The number of hydrogen-bond donors (Lipinski definition) is 1. The average molecular weight is 326 g/mol. The lowest BCUT2D eigenvalue weighted by Gasteiger charge is -2.17. The average Bonchev–Trinajstić information content (AvgIpc) is 3.00. The minimum Gasteiger partial charge on any atom is -0.493 e. The Bertz CT molecular complexity index is 553. The third-order valence-electron chi connectivity index (χ3n) is 3.52. The Kier molecular flexibility index (Phi) is 6.10. The summed E-state index contributed by atoms with van der Waals surface area (Å²) in [7, 11) is 1.53. The smallest absolute Gasteiger partial charge is 0.328 e. The molecule has 1 aromatic carbocycles. The summed E-state index contributed by atoms with van der Waals surface area (Å²) in [6, 6.07) is 3.37. The van der Waals surface area contributed by atoms with Gasteiger partial charge in [-0.05, 0) is 49.7 Å². The third kappa shape index (κ3) is 4.64. The molecule has 2 rings (SSSR count). The lowest BCUT2D eigenvalue weighted by atomic mass is 10.2. The van der Waals surface area contributed by atoms with Gasteiger partial charge in [-0.25, -0.2) is 4.79 Å². The van der Waals surface area contributed by atoms with E-state index < -0.39 is 5.97 Å². The van der Waals surface area contributed by atoms with Gasteiger partial charge in [-0.2, -0.15) is 0 Å². The van der Waals surface area contributed by atoms with E-state index in [1.54, 1.807) is 12.1 Å². The minimum absolute atomic E-state index is 0.408. The number of hydrogen-bond acceptors (Lipinski definition) is 4. The first-order valence-corrected chi connectivity index (χ1v) is 7.61. The number of carboxylic acids is 1. The predicted octanol–water partition coefficient (Wildman–Crippen LogP) is 2.92. The van der Waals surface area contributed by atoms with E-state index in [1.807, 2.05) is 0 Å². The summed E-state index contributed by atoms with van der Waals surface area (Å²) in [5.41, 5.74) is 0.649. The van der Waals surface area contributed by atoms with Gasteiger partial charge in [0.2, 0.25) is 0 Å². The zero-order valence-electron chi connectivity index (χ0n) is 12.5. The van der Waals surface area contributed by atoms with Gasteiger partial charge < -0.3 is 14.6 Å². The van der Waals surface area contributed by atoms with Crippen LogP contribution in [-0.2, 0) is 4.79 Å². The number of aliphatic carboxylic acids is 1. The van der Waals surface area contributed by atoms with E-state index in [-0.39, 0.29) is 0 Å². The summed E-state index contributed by atoms with van der Waals surface area (Å²) in [6.45, 7) is 3.64.